The molecule has 0 bridgehead atoms. The number of benzene rings is 2. The third-order valence-corrected chi connectivity index (χ3v) is 6.45. The van der Waals surface area contributed by atoms with Crippen LogP contribution in [0.3, 0.4) is 0 Å². The summed E-state index contributed by atoms with van der Waals surface area (Å²) in [5, 5.41) is 16.3. The molecule has 2 N–H and O–H groups in total. The summed E-state index contributed by atoms with van der Waals surface area (Å²) in [5.41, 5.74) is -3.19. The van der Waals surface area contributed by atoms with Crippen LogP contribution in [0.15, 0.2) is 53.3 Å². The van der Waals surface area contributed by atoms with E-state index in [2.05, 4.69) is 10.4 Å². The number of hydrogen-bond donors (Lipinski definition) is 2. The molecular weight excluding hydrogens is 570 g/mol. The number of carbonyl (C=O) groups excluding carboxylic acids is 2. The number of nitrogens with one attached hydrogen (secondary N) is 1. The van der Waals surface area contributed by atoms with Crippen LogP contribution in [0.1, 0.15) is 30.9 Å². The van der Waals surface area contributed by atoms with Crippen molar-refractivity contribution in [1.82, 2.24) is 19.7 Å². The number of aliphatic hydroxyl groups is 1. The van der Waals surface area contributed by atoms with E-state index < -0.39 is 54.1 Å². The summed E-state index contributed by atoms with van der Waals surface area (Å²) in [4.78, 5) is 37.0. The number of hydrogen-bond acceptors (Lipinski definition) is 5. The Morgan fingerprint density at radius 3 is 2.30 bits per heavy atom. The fourth-order valence-corrected chi connectivity index (χ4v) is 4.03. The molecule has 216 valence electrons. The number of rotatable bonds is 11. The van der Waals surface area contributed by atoms with E-state index in [1.807, 2.05) is 0 Å². The Hall–Kier alpha value is -3.65. The van der Waals surface area contributed by atoms with Gasteiger partial charge in [0.05, 0.1) is 17.6 Å². The zero-order valence-corrected chi connectivity index (χ0v) is 21.5. The van der Waals surface area contributed by atoms with Crippen LogP contribution in [0, 0.1) is 0 Å². The Balaban J connectivity index is 1.87. The molecule has 0 spiro atoms. The number of amides is 1. The van der Waals surface area contributed by atoms with Crippen molar-refractivity contribution in [1.29, 1.82) is 0 Å². The van der Waals surface area contributed by atoms with Crippen molar-refractivity contribution in [3.05, 3.63) is 75.2 Å². The van der Waals surface area contributed by atoms with Crippen molar-refractivity contribution in [3.63, 3.8) is 0 Å². The van der Waals surface area contributed by atoms with Crippen molar-refractivity contribution < 1.29 is 41.0 Å². The Morgan fingerprint density at radius 2 is 1.73 bits per heavy atom. The van der Waals surface area contributed by atoms with Crippen LogP contribution in [0.5, 0.6) is 0 Å². The molecule has 0 aliphatic rings. The molecule has 0 saturated carbocycles. The molecule has 40 heavy (non-hydrogen) atoms. The topological polar surface area (TPSA) is 106 Å². The molecule has 0 aliphatic carbocycles. The zero-order chi connectivity index (χ0) is 29.9. The summed E-state index contributed by atoms with van der Waals surface area (Å²) in [7, 11) is 0. The highest BCUT2D eigenvalue weighted by Gasteiger charge is 2.39. The molecule has 3 rings (SSSR count). The van der Waals surface area contributed by atoms with Crippen molar-refractivity contribution in [2.75, 3.05) is 0 Å². The molecule has 1 unspecified atom stereocenters. The smallest absolute Gasteiger partial charge is 0.382 e. The van der Waals surface area contributed by atoms with Gasteiger partial charge in [-0.05, 0) is 55.3 Å². The summed E-state index contributed by atoms with van der Waals surface area (Å²) < 4.78 is 79.8. The number of Topliss-reactive ketones (excluding diaryl/α,β-unsaturated/α-hetero) is 1. The first kappa shape index (κ1) is 30.9. The third kappa shape index (κ3) is 7.30. The van der Waals surface area contributed by atoms with Gasteiger partial charge in [-0.2, -0.15) is 26.3 Å². The molecule has 2 aromatic carbocycles. The van der Waals surface area contributed by atoms with Gasteiger partial charge in [-0.25, -0.2) is 9.48 Å². The summed E-state index contributed by atoms with van der Waals surface area (Å²) in [5.74, 6) is -0.897. The molecule has 15 heteroatoms. The van der Waals surface area contributed by atoms with E-state index in [4.69, 9.17) is 11.6 Å². The van der Waals surface area contributed by atoms with Gasteiger partial charge in [-0.15, -0.1) is 5.10 Å². The Kier molecular flexibility index (Phi) is 9.14. The number of halogens is 7. The van der Waals surface area contributed by atoms with Crippen LogP contribution in [0.4, 0.5) is 26.3 Å². The normalized spacial score (nSPS) is 14.4. The Morgan fingerprint density at radius 1 is 1.10 bits per heavy atom. The highest BCUT2D eigenvalue weighted by atomic mass is 35.5. The number of carbonyl (C=O) groups is 2. The average molecular weight is 593 g/mol. The number of ketones is 1. The van der Waals surface area contributed by atoms with Gasteiger partial charge in [0.15, 0.2) is 17.7 Å². The standard InChI is InChI=1S/C25H23ClF6N4O4/c1-23(33-14-37,16-3-2-4-17(11-16)24(27,28)29)10-9-19(38)12-36-22(40)35(13-20(39)25(30,31)32)21(34-36)15-5-7-18(26)8-6-15/h2-8,11,14,20,39H,9-10,12-13H2,1H3,(H,33,37)/t20-,23?/m0/s1. The second-order valence-electron chi connectivity index (χ2n) is 9.15. The van der Waals surface area contributed by atoms with Crippen molar-refractivity contribution in [2.45, 2.75) is 56.9 Å². The summed E-state index contributed by atoms with van der Waals surface area (Å²) in [6.07, 6.45) is -12.8. The molecule has 0 radical (unpaired) electrons. The lowest BCUT2D eigenvalue weighted by molar-refractivity contribution is -0.207. The maximum absolute atomic E-state index is 13.2. The summed E-state index contributed by atoms with van der Waals surface area (Å²) in [6.45, 7) is -0.456. The quantitative estimate of drug-likeness (QED) is 0.255. The third-order valence-electron chi connectivity index (χ3n) is 6.19. The highest BCUT2D eigenvalue weighted by Crippen LogP contribution is 2.33. The maximum atomic E-state index is 13.2. The predicted molar refractivity (Wildman–Crippen MR) is 131 cm³/mol. The average Bonchev–Trinajstić information content (AvgIpc) is 3.17. The van der Waals surface area contributed by atoms with Crippen LogP contribution in [0.2, 0.25) is 5.02 Å². The van der Waals surface area contributed by atoms with Gasteiger partial charge in [0, 0.05) is 17.0 Å². The van der Waals surface area contributed by atoms with E-state index in [0.717, 1.165) is 18.2 Å². The fraction of sp³-hybridized carbons (Fsp3) is 0.360. The molecule has 0 aliphatic heterocycles. The molecule has 2 atom stereocenters. The Labute approximate surface area is 228 Å². The lowest BCUT2D eigenvalue weighted by Gasteiger charge is -2.30. The van der Waals surface area contributed by atoms with Gasteiger partial charge >= 0.3 is 18.0 Å². The van der Waals surface area contributed by atoms with Gasteiger partial charge in [0.25, 0.3) is 0 Å². The SMILES string of the molecule is CC(CCC(=O)Cn1nc(-c2ccc(Cl)cc2)n(C[C@H](O)C(F)(F)F)c1=O)(NC=O)c1cccc(C(F)(F)F)c1. The second kappa shape index (κ2) is 11.8. The van der Waals surface area contributed by atoms with Gasteiger partial charge in [-0.3, -0.25) is 14.2 Å². The van der Waals surface area contributed by atoms with Gasteiger partial charge < -0.3 is 10.4 Å². The molecular formula is C25H23ClF6N4O4. The van der Waals surface area contributed by atoms with E-state index >= 15 is 0 Å². The van der Waals surface area contributed by atoms with Crippen LogP contribution >= 0.6 is 11.6 Å². The van der Waals surface area contributed by atoms with Gasteiger partial charge in [0.1, 0.15) is 6.54 Å². The minimum absolute atomic E-state index is 0.0785. The molecule has 0 fully saturated rings. The first-order valence-electron chi connectivity index (χ1n) is 11.6. The molecule has 0 saturated heterocycles. The lowest BCUT2D eigenvalue weighted by Crippen LogP contribution is -2.40. The lowest BCUT2D eigenvalue weighted by atomic mass is 9.86. The highest BCUT2D eigenvalue weighted by molar-refractivity contribution is 6.30. The van der Waals surface area contributed by atoms with E-state index in [1.165, 1.54) is 37.3 Å². The second-order valence-corrected chi connectivity index (χ2v) is 9.59. The molecule has 1 aromatic heterocycles. The molecule has 1 amide bonds. The minimum Gasteiger partial charge on any atom is -0.382 e. The summed E-state index contributed by atoms with van der Waals surface area (Å²) in [6, 6.07) is 9.80. The van der Waals surface area contributed by atoms with E-state index in [-0.39, 0.29) is 36.2 Å². The zero-order valence-electron chi connectivity index (χ0n) is 20.8. The van der Waals surface area contributed by atoms with E-state index in [0.29, 0.717) is 14.3 Å². The molecule has 1 heterocycles. The molecule has 8 nitrogen and oxygen atoms in total. The Bertz CT molecular complexity index is 1420. The molecule has 3 aromatic rings. The first-order chi connectivity index (χ1) is 18.5. The monoisotopic (exact) mass is 592 g/mol. The van der Waals surface area contributed by atoms with E-state index in [1.54, 1.807) is 0 Å². The number of aromatic nitrogens is 3. The van der Waals surface area contributed by atoms with Crippen LogP contribution < -0.4 is 11.0 Å². The predicted octanol–water partition coefficient (Wildman–Crippen LogP) is 4.32. The van der Waals surface area contributed by atoms with Crippen molar-refractivity contribution in [3.8, 4) is 11.4 Å². The maximum Gasteiger partial charge on any atom is 0.416 e. The number of aliphatic hydroxyl groups excluding tert-OH is 1. The number of alkyl halides is 6. The first-order valence-corrected chi connectivity index (χ1v) is 12.0. The number of nitrogens with zero attached hydrogens (tertiary/aromatic N) is 3. The van der Waals surface area contributed by atoms with Gasteiger partial charge in [0.2, 0.25) is 6.41 Å². The summed E-state index contributed by atoms with van der Waals surface area (Å²) >= 11 is 5.85. The van der Waals surface area contributed by atoms with Crippen molar-refractivity contribution >= 4 is 23.8 Å². The van der Waals surface area contributed by atoms with Crippen LogP contribution in [-0.4, -0.2) is 43.9 Å². The van der Waals surface area contributed by atoms with E-state index in [9.17, 15) is 45.8 Å². The minimum atomic E-state index is -5.03. The fourth-order valence-electron chi connectivity index (χ4n) is 3.90. The van der Waals surface area contributed by atoms with Gasteiger partial charge in [-0.1, -0.05) is 23.7 Å². The van der Waals surface area contributed by atoms with Crippen LogP contribution in [-0.2, 0) is 34.4 Å². The van der Waals surface area contributed by atoms with Crippen molar-refractivity contribution in [2.24, 2.45) is 0 Å². The van der Waals surface area contributed by atoms with Crippen LogP contribution in [0.25, 0.3) is 11.4 Å². The largest absolute Gasteiger partial charge is 0.416 e.